The van der Waals surface area contributed by atoms with Crippen molar-refractivity contribution in [3.63, 3.8) is 0 Å². The van der Waals surface area contributed by atoms with Gasteiger partial charge in [-0.1, -0.05) is 12.1 Å². The van der Waals surface area contributed by atoms with Gasteiger partial charge in [-0.3, -0.25) is 16.3 Å². The maximum atomic E-state index is 5.70. The molecule has 0 bridgehead atoms. The summed E-state index contributed by atoms with van der Waals surface area (Å²) in [4.78, 5) is 4.17. The highest BCUT2D eigenvalue weighted by Gasteiger charge is 2.13. The Morgan fingerprint density at radius 2 is 2.15 bits per heavy atom. The lowest BCUT2D eigenvalue weighted by atomic mass is 9.99. The summed E-state index contributed by atoms with van der Waals surface area (Å²) in [6.07, 6.45) is 4.37. The van der Waals surface area contributed by atoms with Crippen LogP contribution in [0.25, 0.3) is 0 Å². The van der Waals surface area contributed by atoms with Crippen LogP contribution in [-0.4, -0.2) is 12.1 Å². The fourth-order valence-corrected chi connectivity index (χ4v) is 2.54. The average molecular weight is 336 g/mol. The Morgan fingerprint density at radius 3 is 2.80 bits per heavy atom. The quantitative estimate of drug-likeness (QED) is 0.651. The summed E-state index contributed by atoms with van der Waals surface area (Å²) in [7, 11) is 1.68. The van der Waals surface area contributed by atoms with Crippen molar-refractivity contribution in [3.8, 4) is 5.75 Å². The second-order valence-corrected chi connectivity index (χ2v) is 5.58. The van der Waals surface area contributed by atoms with E-state index in [9.17, 15) is 0 Å². The molecular weight excluding hydrogens is 318 g/mol. The first kappa shape index (κ1) is 15.0. The molecule has 20 heavy (non-hydrogen) atoms. The summed E-state index contributed by atoms with van der Waals surface area (Å²) in [5.41, 5.74) is 6.17. The highest BCUT2D eigenvalue weighted by Crippen LogP contribution is 2.25. The van der Waals surface area contributed by atoms with E-state index in [1.807, 2.05) is 31.3 Å². The van der Waals surface area contributed by atoms with E-state index in [0.29, 0.717) is 0 Å². The maximum Gasteiger partial charge on any atom is 0.122 e. The highest BCUT2D eigenvalue weighted by molar-refractivity contribution is 9.10. The summed E-state index contributed by atoms with van der Waals surface area (Å²) in [5, 5.41) is 0. The Morgan fingerprint density at radius 1 is 1.35 bits per heavy atom. The molecule has 4 nitrogen and oxygen atoms in total. The number of methoxy groups -OCH3 is 1. The Kier molecular flexibility index (Phi) is 5.11. The number of rotatable bonds is 5. The number of halogens is 1. The molecule has 0 saturated carbocycles. The maximum absolute atomic E-state index is 5.70. The number of hydrogen-bond donors (Lipinski definition) is 2. The molecular formula is C15H18BrN3O. The third-order valence-electron chi connectivity index (χ3n) is 3.24. The van der Waals surface area contributed by atoms with Crippen molar-refractivity contribution >= 4 is 15.9 Å². The van der Waals surface area contributed by atoms with E-state index >= 15 is 0 Å². The zero-order valence-electron chi connectivity index (χ0n) is 11.6. The minimum absolute atomic E-state index is 0.0144. The van der Waals surface area contributed by atoms with E-state index in [1.54, 1.807) is 13.3 Å². The summed E-state index contributed by atoms with van der Waals surface area (Å²) < 4.78 is 6.33. The molecule has 0 fully saturated rings. The molecule has 1 aromatic carbocycles. The molecule has 3 N–H and O–H groups in total. The number of nitrogens with one attached hydrogen (secondary N) is 1. The minimum Gasteiger partial charge on any atom is -0.496 e. The van der Waals surface area contributed by atoms with E-state index in [1.165, 1.54) is 0 Å². The van der Waals surface area contributed by atoms with Crippen LogP contribution in [0.1, 0.15) is 22.7 Å². The molecule has 1 unspecified atom stereocenters. The lowest BCUT2D eigenvalue weighted by molar-refractivity contribution is 0.410. The van der Waals surface area contributed by atoms with Gasteiger partial charge < -0.3 is 4.74 Å². The predicted molar refractivity (Wildman–Crippen MR) is 83.4 cm³/mol. The molecule has 2 aromatic rings. The third kappa shape index (κ3) is 3.56. The molecule has 0 aliphatic rings. The number of ether oxygens (including phenoxy) is 1. The Balaban J connectivity index is 2.24. The summed E-state index contributed by atoms with van der Waals surface area (Å²) in [6, 6.07) is 8.18. The fraction of sp³-hybridized carbons (Fsp3) is 0.267. The summed E-state index contributed by atoms with van der Waals surface area (Å²) >= 11 is 3.43. The van der Waals surface area contributed by atoms with Gasteiger partial charge in [0.1, 0.15) is 5.75 Å². The van der Waals surface area contributed by atoms with Gasteiger partial charge in [0.05, 0.1) is 13.2 Å². The molecule has 0 radical (unpaired) electrons. The van der Waals surface area contributed by atoms with Gasteiger partial charge in [0.25, 0.3) is 0 Å². The standard InChI is InChI=1S/C15H18BrN3O/c1-10-3-4-12(7-15(10)20-2)14(19-17)6-11-5-13(16)9-18-8-11/h3-5,7-9,14,19H,6,17H2,1-2H3. The smallest absolute Gasteiger partial charge is 0.122 e. The van der Waals surface area contributed by atoms with Crippen LogP contribution in [0.4, 0.5) is 0 Å². The van der Waals surface area contributed by atoms with Gasteiger partial charge in [-0.25, -0.2) is 0 Å². The topological polar surface area (TPSA) is 60.2 Å². The van der Waals surface area contributed by atoms with Gasteiger partial charge >= 0.3 is 0 Å². The largest absolute Gasteiger partial charge is 0.496 e. The van der Waals surface area contributed by atoms with Crippen molar-refractivity contribution in [2.75, 3.05) is 7.11 Å². The van der Waals surface area contributed by atoms with Crippen LogP contribution in [0.5, 0.6) is 5.75 Å². The number of hydrazine groups is 1. The van der Waals surface area contributed by atoms with E-state index in [4.69, 9.17) is 10.6 Å². The molecule has 1 atom stereocenters. The number of aryl methyl sites for hydroxylation is 1. The van der Waals surface area contributed by atoms with Gasteiger partial charge in [-0.15, -0.1) is 0 Å². The van der Waals surface area contributed by atoms with Crippen LogP contribution in [0, 0.1) is 6.92 Å². The first-order chi connectivity index (χ1) is 9.63. The molecule has 5 heteroatoms. The number of aromatic nitrogens is 1. The predicted octanol–water partition coefficient (Wildman–Crippen LogP) is 2.91. The molecule has 1 aromatic heterocycles. The lowest BCUT2D eigenvalue weighted by Crippen LogP contribution is -2.29. The molecule has 1 heterocycles. The van der Waals surface area contributed by atoms with Crippen molar-refractivity contribution in [3.05, 3.63) is 57.8 Å². The Bertz CT molecular complexity index is 589. The fourth-order valence-electron chi connectivity index (χ4n) is 2.13. The van der Waals surface area contributed by atoms with Crippen LogP contribution in [0.3, 0.4) is 0 Å². The van der Waals surface area contributed by atoms with Crippen molar-refractivity contribution in [1.82, 2.24) is 10.4 Å². The molecule has 0 aliphatic carbocycles. The SMILES string of the molecule is COc1cc(C(Cc2cncc(Br)c2)NN)ccc1C. The Labute approximate surface area is 127 Å². The van der Waals surface area contributed by atoms with Crippen LogP contribution in [0.2, 0.25) is 0 Å². The van der Waals surface area contributed by atoms with Crippen molar-refractivity contribution in [2.45, 2.75) is 19.4 Å². The van der Waals surface area contributed by atoms with Crippen LogP contribution >= 0.6 is 15.9 Å². The minimum atomic E-state index is 0.0144. The molecule has 0 amide bonds. The molecule has 106 valence electrons. The van der Waals surface area contributed by atoms with Crippen LogP contribution in [-0.2, 0) is 6.42 Å². The molecule has 2 rings (SSSR count). The van der Waals surface area contributed by atoms with E-state index in [-0.39, 0.29) is 6.04 Å². The number of hydrogen-bond acceptors (Lipinski definition) is 4. The second-order valence-electron chi connectivity index (χ2n) is 4.66. The number of benzene rings is 1. The second kappa shape index (κ2) is 6.83. The van der Waals surface area contributed by atoms with Gasteiger partial charge in [0, 0.05) is 16.9 Å². The first-order valence-electron chi connectivity index (χ1n) is 6.34. The Hall–Kier alpha value is -1.43. The molecule has 0 spiro atoms. The van der Waals surface area contributed by atoms with Gasteiger partial charge in [-0.05, 0) is 58.1 Å². The third-order valence-corrected chi connectivity index (χ3v) is 3.67. The zero-order chi connectivity index (χ0) is 14.5. The number of nitrogens with zero attached hydrogens (tertiary/aromatic N) is 1. The van der Waals surface area contributed by atoms with Crippen molar-refractivity contribution in [2.24, 2.45) is 5.84 Å². The normalized spacial score (nSPS) is 12.2. The highest BCUT2D eigenvalue weighted by atomic mass is 79.9. The van der Waals surface area contributed by atoms with Crippen LogP contribution in [0.15, 0.2) is 41.1 Å². The van der Waals surface area contributed by atoms with Crippen molar-refractivity contribution in [1.29, 1.82) is 0 Å². The zero-order valence-corrected chi connectivity index (χ0v) is 13.1. The van der Waals surface area contributed by atoms with Gasteiger partial charge in [0.2, 0.25) is 0 Å². The van der Waals surface area contributed by atoms with Gasteiger partial charge in [0.15, 0.2) is 0 Å². The summed E-state index contributed by atoms with van der Waals surface area (Å²) in [5.74, 6) is 6.57. The van der Waals surface area contributed by atoms with E-state index in [2.05, 4.69) is 32.4 Å². The average Bonchev–Trinajstić information content (AvgIpc) is 2.45. The monoisotopic (exact) mass is 335 g/mol. The lowest BCUT2D eigenvalue weighted by Gasteiger charge is -2.18. The molecule has 0 aliphatic heterocycles. The van der Waals surface area contributed by atoms with Crippen molar-refractivity contribution < 1.29 is 4.74 Å². The number of nitrogens with two attached hydrogens (primary N) is 1. The van der Waals surface area contributed by atoms with Gasteiger partial charge in [-0.2, -0.15) is 0 Å². The first-order valence-corrected chi connectivity index (χ1v) is 7.13. The number of pyridine rings is 1. The van der Waals surface area contributed by atoms with E-state index < -0.39 is 0 Å². The van der Waals surface area contributed by atoms with E-state index in [0.717, 1.165) is 33.3 Å². The molecule has 0 saturated heterocycles. The van der Waals surface area contributed by atoms with Crippen LogP contribution < -0.4 is 16.0 Å². The summed E-state index contributed by atoms with van der Waals surface area (Å²) in [6.45, 7) is 2.02.